The van der Waals surface area contributed by atoms with E-state index in [1.54, 1.807) is 7.11 Å². The zero-order valence-electron chi connectivity index (χ0n) is 15.4. The predicted molar refractivity (Wildman–Crippen MR) is 99.7 cm³/mol. The zero-order valence-corrected chi connectivity index (χ0v) is 15.4. The lowest BCUT2D eigenvalue weighted by Gasteiger charge is -2.57. The molecule has 4 fully saturated rings. The molecule has 4 heteroatoms. The standard InChI is InChI=1S/C21H30N2O2/c1-14(20(24)23-18-5-3-4-6-19(18)25-2)22-13-21-10-15-7-16(11-21)9-17(8-15)12-21/h3-6,14-17,22H,7-13H2,1-2H3,(H,23,24)/t14-,15?,16?,17?,21?/m1/s1. The summed E-state index contributed by atoms with van der Waals surface area (Å²) in [6.45, 7) is 2.95. The Bertz CT molecular complexity index is 607. The molecule has 4 aliphatic rings. The Labute approximate surface area is 150 Å². The lowest BCUT2D eigenvalue weighted by molar-refractivity contribution is -0.118. The number of hydrogen-bond donors (Lipinski definition) is 2. The number of nitrogens with one attached hydrogen (secondary N) is 2. The van der Waals surface area contributed by atoms with Crippen molar-refractivity contribution < 1.29 is 9.53 Å². The largest absolute Gasteiger partial charge is 0.495 e. The molecule has 1 aromatic rings. The van der Waals surface area contributed by atoms with Gasteiger partial charge >= 0.3 is 0 Å². The van der Waals surface area contributed by atoms with Crippen LogP contribution in [0.5, 0.6) is 5.75 Å². The van der Waals surface area contributed by atoms with Gasteiger partial charge in [0, 0.05) is 6.54 Å². The van der Waals surface area contributed by atoms with Gasteiger partial charge in [-0.3, -0.25) is 4.79 Å². The number of rotatable bonds is 6. The summed E-state index contributed by atoms with van der Waals surface area (Å²) < 4.78 is 5.32. The van der Waals surface area contributed by atoms with Crippen LogP contribution in [0.15, 0.2) is 24.3 Å². The van der Waals surface area contributed by atoms with Crippen LogP contribution in [0.1, 0.15) is 45.4 Å². The molecule has 1 aromatic carbocycles. The normalized spacial score (nSPS) is 33.9. The molecule has 0 aliphatic heterocycles. The number of ether oxygens (including phenoxy) is 1. The average molecular weight is 342 g/mol. The first-order chi connectivity index (χ1) is 12.1. The van der Waals surface area contributed by atoms with Gasteiger partial charge in [0.25, 0.3) is 0 Å². The van der Waals surface area contributed by atoms with Crippen molar-refractivity contribution in [2.45, 2.75) is 51.5 Å². The third kappa shape index (κ3) is 3.41. The highest BCUT2D eigenvalue weighted by Crippen LogP contribution is 2.59. The quantitative estimate of drug-likeness (QED) is 0.826. The molecule has 1 atom stereocenters. The summed E-state index contributed by atoms with van der Waals surface area (Å²) in [6, 6.07) is 7.36. The topological polar surface area (TPSA) is 50.4 Å². The lowest BCUT2D eigenvalue weighted by atomic mass is 9.49. The van der Waals surface area contributed by atoms with Crippen LogP contribution in [-0.2, 0) is 4.79 Å². The van der Waals surface area contributed by atoms with Crippen LogP contribution in [0.4, 0.5) is 5.69 Å². The van der Waals surface area contributed by atoms with Crippen LogP contribution >= 0.6 is 0 Å². The molecular weight excluding hydrogens is 312 g/mol. The van der Waals surface area contributed by atoms with Crippen LogP contribution < -0.4 is 15.4 Å². The van der Waals surface area contributed by atoms with Crippen molar-refractivity contribution in [1.82, 2.24) is 5.32 Å². The minimum atomic E-state index is -0.196. The number of amides is 1. The van der Waals surface area contributed by atoms with Crippen LogP contribution in [-0.4, -0.2) is 25.6 Å². The molecule has 25 heavy (non-hydrogen) atoms. The van der Waals surface area contributed by atoms with Gasteiger partial charge in [-0.25, -0.2) is 0 Å². The molecule has 136 valence electrons. The summed E-state index contributed by atoms with van der Waals surface area (Å²) in [7, 11) is 1.62. The van der Waals surface area contributed by atoms with Gasteiger partial charge in [-0.15, -0.1) is 0 Å². The number of hydrogen-bond acceptors (Lipinski definition) is 3. The molecule has 2 N–H and O–H groups in total. The van der Waals surface area contributed by atoms with Crippen LogP contribution in [0.25, 0.3) is 0 Å². The van der Waals surface area contributed by atoms with Crippen molar-refractivity contribution in [1.29, 1.82) is 0 Å². The molecule has 0 spiro atoms. The maximum atomic E-state index is 12.6. The van der Waals surface area contributed by atoms with E-state index in [1.807, 2.05) is 31.2 Å². The van der Waals surface area contributed by atoms with E-state index in [-0.39, 0.29) is 11.9 Å². The van der Waals surface area contributed by atoms with Gasteiger partial charge in [-0.05, 0) is 80.8 Å². The van der Waals surface area contributed by atoms with Crippen molar-refractivity contribution in [3.63, 3.8) is 0 Å². The Balaban J connectivity index is 1.34. The first-order valence-electron chi connectivity index (χ1n) is 9.74. The molecule has 5 rings (SSSR count). The Kier molecular flexibility index (Phi) is 4.48. The molecular formula is C21H30N2O2. The molecule has 1 amide bonds. The summed E-state index contributed by atoms with van der Waals surface area (Å²) in [5.41, 5.74) is 1.19. The van der Waals surface area contributed by atoms with Crippen LogP contribution in [0.2, 0.25) is 0 Å². The van der Waals surface area contributed by atoms with E-state index in [4.69, 9.17) is 4.74 Å². The first-order valence-corrected chi connectivity index (χ1v) is 9.74. The maximum absolute atomic E-state index is 12.6. The van der Waals surface area contributed by atoms with Crippen molar-refractivity contribution in [2.75, 3.05) is 19.0 Å². The van der Waals surface area contributed by atoms with Gasteiger partial charge in [0.1, 0.15) is 5.75 Å². The Morgan fingerprint density at radius 1 is 1.16 bits per heavy atom. The Hall–Kier alpha value is -1.55. The predicted octanol–water partition coefficient (Wildman–Crippen LogP) is 3.83. The fraction of sp³-hybridized carbons (Fsp3) is 0.667. The highest BCUT2D eigenvalue weighted by Gasteiger charge is 2.50. The molecule has 0 saturated heterocycles. The van der Waals surface area contributed by atoms with E-state index >= 15 is 0 Å². The van der Waals surface area contributed by atoms with Gasteiger partial charge < -0.3 is 15.4 Å². The number of methoxy groups -OCH3 is 1. The zero-order chi connectivity index (χ0) is 17.4. The van der Waals surface area contributed by atoms with Crippen LogP contribution in [0.3, 0.4) is 0 Å². The molecule has 4 bridgehead atoms. The minimum Gasteiger partial charge on any atom is -0.495 e. The molecule has 4 nitrogen and oxygen atoms in total. The van der Waals surface area contributed by atoms with E-state index in [1.165, 1.54) is 38.5 Å². The Morgan fingerprint density at radius 2 is 1.76 bits per heavy atom. The van der Waals surface area contributed by atoms with Gasteiger partial charge in [-0.2, -0.15) is 0 Å². The van der Waals surface area contributed by atoms with Gasteiger partial charge in [0.15, 0.2) is 0 Å². The number of anilines is 1. The van der Waals surface area contributed by atoms with Crippen LogP contribution in [0, 0.1) is 23.2 Å². The highest BCUT2D eigenvalue weighted by atomic mass is 16.5. The number of para-hydroxylation sites is 2. The fourth-order valence-corrected chi connectivity index (χ4v) is 5.96. The third-order valence-electron chi connectivity index (χ3n) is 6.71. The summed E-state index contributed by atoms with van der Waals surface area (Å²) in [5.74, 6) is 3.56. The Morgan fingerprint density at radius 3 is 2.36 bits per heavy atom. The number of benzene rings is 1. The molecule has 0 aromatic heterocycles. The number of carbonyl (C=O) groups excluding carboxylic acids is 1. The van der Waals surface area contributed by atoms with E-state index in [0.29, 0.717) is 11.2 Å². The number of carbonyl (C=O) groups is 1. The maximum Gasteiger partial charge on any atom is 0.241 e. The molecule has 4 saturated carbocycles. The third-order valence-corrected chi connectivity index (χ3v) is 6.71. The highest BCUT2D eigenvalue weighted by molar-refractivity contribution is 5.95. The molecule has 0 unspecified atom stereocenters. The van der Waals surface area contributed by atoms with E-state index < -0.39 is 0 Å². The minimum absolute atomic E-state index is 0.00854. The summed E-state index contributed by atoms with van der Waals surface area (Å²) >= 11 is 0. The van der Waals surface area contributed by atoms with Gasteiger partial charge in [0.2, 0.25) is 5.91 Å². The smallest absolute Gasteiger partial charge is 0.241 e. The summed E-state index contributed by atoms with van der Waals surface area (Å²) in [4.78, 5) is 12.6. The molecule has 4 aliphatic carbocycles. The van der Waals surface area contributed by atoms with E-state index in [2.05, 4.69) is 10.6 Å². The monoisotopic (exact) mass is 342 g/mol. The van der Waals surface area contributed by atoms with Gasteiger partial charge in [0.05, 0.1) is 18.8 Å². The fourth-order valence-electron chi connectivity index (χ4n) is 5.96. The molecule has 0 heterocycles. The van der Waals surface area contributed by atoms with E-state index in [0.717, 1.165) is 30.0 Å². The van der Waals surface area contributed by atoms with E-state index in [9.17, 15) is 4.79 Å². The summed E-state index contributed by atoms with van der Waals surface area (Å²) in [5, 5.41) is 6.54. The van der Waals surface area contributed by atoms with Crippen molar-refractivity contribution >= 4 is 11.6 Å². The average Bonchev–Trinajstić information content (AvgIpc) is 2.59. The molecule has 0 radical (unpaired) electrons. The van der Waals surface area contributed by atoms with Crippen molar-refractivity contribution in [2.24, 2.45) is 23.2 Å². The SMILES string of the molecule is COc1ccccc1NC(=O)[C@@H](C)NCC12CC3CC(CC(C3)C1)C2. The van der Waals surface area contributed by atoms with Crippen molar-refractivity contribution in [3.05, 3.63) is 24.3 Å². The second-order valence-electron chi connectivity index (χ2n) is 8.71. The van der Waals surface area contributed by atoms with Gasteiger partial charge in [-0.1, -0.05) is 12.1 Å². The summed E-state index contributed by atoms with van der Waals surface area (Å²) in [6.07, 6.45) is 8.49. The van der Waals surface area contributed by atoms with Crippen molar-refractivity contribution in [3.8, 4) is 5.75 Å². The second kappa shape index (κ2) is 6.64. The second-order valence-corrected chi connectivity index (χ2v) is 8.71. The first kappa shape index (κ1) is 16.9. The lowest BCUT2D eigenvalue weighted by Crippen LogP contribution is -2.52.